The molecule has 1 amide bonds. The van der Waals surface area contributed by atoms with Crippen LogP contribution in [0.2, 0.25) is 0 Å². The third-order valence-electron chi connectivity index (χ3n) is 2.41. The molecular formula is C13H17F4NO3. The largest absolute Gasteiger partial charge is 0.453 e. The molecule has 1 rings (SSSR count). The van der Waals surface area contributed by atoms with Gasteiger partial charge in [-0.3, -0.25) is 4.79 Å². The van der Waals surface area contributed by atoms with Crippen LogP contribution in [0.25, 0.3) is 0 Å². The first-order valence-electron chi connectivity index (χ1n) is 6.33. The van der Waals surface area contributed by atoms with Crippen molar-refractivity contribution in [2.24, 2.45) is 5.92 Å². The van der Waals surface area contributed by atoms with E-state index in [9.17, 15) is 22.4 Å². The molecule has 0 fully saturated rings. The normalized spacial score (nSPS) is 12.2. The van der Waals surface area contributed by atoms with Crippen molar-refractivity contribution >= 4 is 5.91 Å². The van der Waals surface area contributed by atoms with Crippen LogP contribution in [-0.2, 0) is 11.3 Å². The van der Waals surface area contributed by atoms with Crippen molar-refractivity contribution in [2.75, 3.05) is 13.2 Å². The maximum Gasteiger partial charge on any atom is 0.330 e. The average molecular weight is 311 g/mol. The van der Waals surface area contributed by atoms with E-state index in [0.29, 0.717) is 6.54 Å². The Morgan fingerprint density at radius 3 is 2.62 bits per heavy atom. The van der Waals surface area contributed by atoms with Gasteiger partial charge in [0.05, 0.1) is 0 Å². The van der Waals surface area contributed by atoms with Crippen molar-refractivity contribution in [3.8, 4) is 0 Å². The van der Waals surface area contributed by atoms with E-state index in [-0.39, 0.29) is 17.4 Å². The predicted octanol–water partition coefficient (Wildman–Crippen LogP) is 3.08. The first kappa shape index (κ1) is 17.5. The van der Waals surface area contributed by atoms with E-state index < -0.39 is 31.5 Å². The van der Waals surface area contributed by atoms with Crippen molar-refractivity contribution in [2.45, 2.75) is 32.8 Å². The van der Waals surface area contributed by atoms with E-state index >= 15 is 0 Å². The number of hydrogen-bond acceptors (Lipinski definition) is 3. The number of amides is 1. The Morgan fingerprint density at radius 2 is 2.05 bits per heavy atom. The number of nitrogens with one attached hydrogen (secondary N) is 1. The lowest BCUT2D eigenvalue weighted by molar-refractivity contribution is -0.169. The first-order valence-corrected chi connectivity index (χ1v) is 6.33. The van der Waals surface area contributed by atoms with Crippen LogP contribution >= 0.6 is 0 Å². The lowest BCUT2D eigenvalue weighted by atomic mass is 10.2. The molecule has 1 aromatic heterocycles. The molecule has 0 aromatic carbocycles. The second kappa shape index (κ2) is 7.44. The van der Waals surface area contributed by atoms with Crippen LogP contribution in [0.1, 0.15) is 30.2 Å². The van der Waals surface area contributed by atoms with Gasteiger partial charge in [0.15, 0.2) is 5.76 Å². The van der Waals surface area contributed by atoms with Crippen LogP contribution < -0.4 is 5.32 Å². The maximum atomic E-state index is 12.6. The summed E-state index contributed by atoms with van der Waals surface area (Å²) in [4.78, 5) is 11.6. The van der Waals surface area contributed by atoms with Crippen molar-refractivity contribution < 1.29 is 31.5 Å². The molecule has 8 heteroatoms. The van der Waals surface area contributed by atoms with Gasteiger partial charge in [-0.25, -0.2) is 8.78 Å². The summed E-state index contributed by atoms with van der Waals surface area (Å²) in [6.45, 7) is 2.47. The smallest absolute Gasteiger partial charge is 0.330 e. The number of halogens is 4. The summed E-state index contributed by atoms with van der Waals surface area (Å²) in [6.07, 6.45) is -3.79. The van der Waals surface area contributed by atoms with Gasteiger partial charge >= 0.3 is 12.3 Å². The Labute approximate surface area is 119 Å². The SMILES string of the molecule is CC(C)CNC(=O)c1ccc(COCC(F)(F)C(F)F)o1. The van der Waals surface area contributed by atoms with Crippen molar-refractivity contribution in [1.29, 1.82) is 0 Å². The quantitative estimate of drug-likeness (QED) is 0.751. The van der Waals surface area contributed by atoms with Crippen LogP contribution in [0.15, 0.2) is 16.5 Å². The molecule has 0 bridgehead atoms. The topological polar surface area (TPSA) is 51.5 Å². The summed E-state index contributed by atoms with van der Waals surface area (Å²) >= 11 is 0. The highest BCUT2D eigenvalue weighted by atomic mass is 19.3. The molecule has 1 aromatic rings. The second-order valence-electron chi connectivity index (χ2n) is 4.92. The fraction of sp³-hybridized carbons (Fsp3) is 0.615. The van der Waals surface area contributed by atoms with Gasteiger partial charge in [0.2, 0.25) is 0 Å². The number of carbonyl (C=O) groups excluding carboxylic acids is 1. The van der Waals surface area contributed by atoms with E-state index in [1.807, 2.05) is 13.8 Å². The molecule has 1 heterocycles. The molecule has 21 heavy (non-hydrogen) atoms. The van der Waals surface area contributed by atoms with Gasteiger partial charge in [-0.05, 0) is 18.1 Å². The van der Waals surface area contributed by atoms with Gasteiger partial charge in [-0.2, -0.15) is 8.78 Å². The van der Waals surface area contributed by atoms with Crippen molar-refractivity contribution in [1.82, 2.24) is 5.32 Å². The number of furan rings is 1. The van der Waals surface area contributed by atoms with E-state index in [1.54, 1.807) is 0 Å². The average Bonchev–Trinajstić information content (AvgIpc) is 2.84. The molecule has 0 saturated heterocycles. The van der Waals surface area contributed by atoms with Crippen molar-refractivity contribution in [3.05, 3.63) is 23.7 Å². The van der Waals surface area contributed by atoms with Gasteiger partial charge in [0.1, 0.15) is 19.0 Å². The number of rotatable bonds is 8. The fourth-order valence-electron chi connectivity index (χ4n) is 1.31. The highest BCUT2D eigenvalue weighted by Gasteiger charge is 2.41. The zero-order valence-corrected chi connectivity index (χ0v) is 11.7. The fourth-order valence-corrected chi connectivity index (χ4v) is 1.31. The highest BCUT2D eigenvalue weighted by Crippen LogP contribution is 2.23. The Hall–Kier alpha value is -1.57. The molecule has 0 saturated carbocycles. The molecule has 0 radical (unpaired) electrons. The summed E-state index contributed by atoms with van der Waals surface area (Å²) in [5.74, 6) is -4.26. The second-order valence-corrected chi connectivity index (χ2v) is 4.92. The third kappa shape index (κ3) is 5.74. The summed E-state index contributed by atoms with van der Waals surface area (Å²) in [7, 11) is 0. The maximum absolute atomic E-state index is 12.6. The summed E-state index contributed by atoms with van der Waals surface area (Å²) in [6, 6.07) is 2.73. The summed E-state index contributed by atoms with van der Waals surface area (Å²) in [5, 5.41) is 2.61. The number of hydrogen-bond donors (Lipinski definition) is 1. The number of alkyl halides is 4. The Morgan fingerprint density at radius 1 is 1.38 bits per heavy atom. The highest BCUT2D eigenvalue weighted by molar-refractivity contribution is 5.91. The van der Waals surface area contributed by atoms with E-state index in [1.165, 1.54) is 12.1 Å². The molecule has 0 unspecified atom stereocenters. The van der Waals surface area contributed by atoms with Crippen LogP contribution in [0, 0.1) is 5.92 Å². The van der Waals surface area contributed by atoms with Crippen LogP contribution in [0.4, 0.5) is 17.6 Å². The molecular weight excluding hydrogens is 294 g/mol. The molecule has 0 aliphatic rings. The first-order chi connectivity index (χ1) is 9.72. The Bertz CT molecular complexity index is 460. The summed E-state index contributed by atoms with van der Waals surface area (Å²) in [5.41, 5.74) is 0. The number of carbonyl (C=O) groups is 1. The van der Waals surface area contributed by atoms with E-state index in [0.717, 1.165) is 0 Å². The monoisotopic (exact) mass is 311 g/mol. The Balaban J connectivity index is 2.43. The molecule has 0 spiro atoms. The molecule has 0 aliphatic heterocycles. The van der Waals surface area contributed by atoms with E-state index in [4.69, 9.17) is 4.42 Å². The van der Waals surface area contributed by atoms with Crippen molar-refractivity contribution in [3.63, 3.8) is 0 Å². The minimum absolute atomic E-state index is 0.00914. The molecule has 4 nitrogen and oxygen atoms in total. The summed E-state index contributed by atoms with van der Waals surface area (Å²) < 4.78 is 58.5. The molecule has 0 aliphatic carbocycles. The lowest BCUT2D eigenvalue weighted by Gasteiger charge is -2.14. The zero-order chi connectivity index (χ0) is 16.0. The number of ether oxygens (including phenoxy) is 1. The van der Waals surface area contributed by atoms with Gasteiger partial charge < -0.3 is 14.5 Å². The molecule has 0 atom stereocenters. The molecule has 1 N–H and O–H groups in total. The third-order valence-corrected chi connectivity index (χ3v) is 2.41. The standard InChI is InChI=1S/C13H17F4NO3/c1-8(2)5-18-11(19)10-4-3-9(21-10)6-20-7-13(16,17)12(14)15/h3-4,8,12H,5-7H2,1-2H3,(H,18,19). The Kier molecular flexibility index (Phi) is 6.19. The van der Waals surface area contributed by atoms with Crippen LogP contribution in [0.3, 0.4) is 0 Å². The van der Waals surface area contributed by atoms with Gasteiger partial charge in [-0.1, -0.05) is 13.8 Å². The van der Waals surface area contributed by atoms with Crippen LogP contribution in [0.5, 0.6) is 0 Å². The minimum atomic E-state index is -4.20. The van der Waals surface area contributed by atoms with Gasteiger partial charge in [-0.15, -0.1) is 0 Å². The molecule has 120 valence electrons. The van der Waals surface area contributed by atoms with E-state index in [2.05, 4.69) is 10.1 Å². The van der Waals surface area contributed by atoms with Gasteiger partial charge in [0.25, 0.3) is 5.91 Å². The minimum Gasteiger partial charge on any atom is -0.453 e. The zero-order valence-electron chi connectivity index (χ0n) is 11.7. The van der Waals surface area contributed by atoms with Crippen LogP contribution in [-0.4, -0.2) is 31.4 Å². The predicted molar refractivity (Wildman–Crippen MR) is 66.5 cm³/mol. The lowest BCUT2D eigenvalue weighted by Crippen LogP contribution is -2.32. The van der Waals surface area contributed by atoms with Gasteiger partial charge in [0, 0.05) is 6.54 Å².